The van der Waals surface area contributed by atoms with Gasteiger partial charge in [0.05, 0.1) is 5.75 Å². The van der Waals surface area contributed by atoms with Crippen LogP contribution < -0.4 is 4.90 Å². The molecule has 2 heterocycles. The first-order chi connectivity index (χ1) is 10.4. The fourth-order valence-corrected chi connectivity index (χ4v) is 3.77. The van der Waals surface area contributed by atoms with E-state index < -0.39 is 10.0 Å². The van der Waals surface area contributed by atoms with Crippen LogP contribution in [0.5, 0.6) is 0 Å². The summed E-state index contributed by atoms with van der Waals surface area (Å²) in [7, 11) is -1.48. The maximum Gasteiger partial charge on any atom is 0.213 e. The van der Waals surface area contributed by atoms with Crippen LogP contribution >= 0.6 is 0 Å². The normalized spacial score (nSPS) is 16.8. The average molecular weight is 322 g/mol. The number of nitriles is 1. The number of pyridine rings is 1. The van der Waals surface area contributed by atoms with Crippen LogP contribution in [0.1, 0.15) is 31.0 Å². The number of piperidine rings is 1. The number of rotatable bonds is 4. The van der Waals surface area contributed by atoms with Crippen molar-refractivity contribution >= 4 is 15.8 Å². The standard InChI is InChI=1S/C15H22N4O2S/c1-4-22(20,21)18(3)13-7-9-19(10-8-13)15-6-5-12(2)14(11-16)17-15/h5-6,13H,4,7-10H2,1-3H3. The zero-order valence-corrected chi connectivity index (χ0v) is 14.1. The first-order valence-corrected chi connectivity index (χ1v) is 9.08. The molecule has 0 radical (unpaired) electrons. The van der Waals surface area contributed by atoms with Crippen molar-refractivity contribution in [2.45, 2.75) is 32.7 Å². The highest BCUT2D eigenvalue weighted by atomic mass is 32.2. The zero-order chi connectivity index (χ0) is 16.3. The van der Waals surface area contributed by atoms with Crippen LogP contribution in [0.2, 0.25) is 0 Å². The molecule has 1 saturated heterocycles. The summed E-state index contributed by atoms with van der Waals surface area (Å²) >= 11 is 0. The van der Waals surface area contributed by atoms with Gasteiger partial charge in [-0.15, -0.1) is 0 Å². The van der Waals surface area contributed by atoms with Crippen molar-refractivity contribution in [2.24, 2.45) is 0 Å². The van der Waals surface area contributed by atoms with E-state index in [1.54, 1.807) is 14.0 Å². The molecule has 22 heavy (non-hydrogen) atoms. The third-order valence-corrected chi connectivity index (χ3v) is 6.20. The van der Waals surface area contributed by atoms with Crippen LogP contribution in [0.25, 0.3) is 0 Å². The minimum absolute atomic E-state index is 0.0436. The van der Waals surface area contributed by atoms with Crippen LogP contribution in [0, 0.1) is 18.3 Å². The van der Waals surface area contributed by atoms with Gasteiger partial charge < -0.3 is 4.90 Å². The Morgan fingerprint density at radius 2 is 2.05 bits per heavy atom. The largest absolute Gasteiger partial charge is 0.356 e. The molecule has 1 aromatic rings. The fourth-order valence-electron chi connectivity index (χ4n) is 2.70. The molecule has 0 atom stereocenters. The van der Waals surface area contributed by atoms with Crippen molar-refractivity contribution in [3.63, 3.8) is 0 Å². The minimum Gasteiger partial charge on any atom is -0.356 e. The second-order valence-electron chi connectivity index (χ2n) is 5.58. The summed E-state index contributed by atoms with van der Waals surface area (Å²) in [5.41, 5.74) is 1.32. The van der Waals surface area contributed by atoms with Gasteiger partial charge in [0.1, 0.15) is 17.6 Å². The van der Waals surface area contributed by atoms with Crippen molar-refractivity contribution in [2.75, 3.05) is 30.8 Å². The van der Waals surface area contributed by atoms with Crippen LogP contribution in [-0.4, -0.2) is 49.6 Å². The van der Waals surface area contributed by atoms with Crippen LogP contribution in [-0.2, 0) is 10.0 Å². The summed E-state index contributed by atoms with van der Waals surface area (Å²) < 4.78 is 25.4. The number of sulfonamides is 1. The van der Waals surface area contributed by atoms with E-state index in [0.717, 1.165) is 37.3 Å². The maximum atomic E-state index is 11.9. The first kappa shape index (κ1) is 16.7. The average Bonchev–Trinajstić information content (AvgIpc) is 2.54. The van der Waals surface area contributed by atoms with Crippen molar-refractivity contribution in [1.82, 2.24) is 9.29 Å². The molecule has 1 aromatic heterocycles. The Labute approximate surface area is 132 Å². The molecule has 2 rings (SSSR count). The predicted molar refractivity (Wildman–Crippen MR) is 86.1 cm³/mol. The topological polar surface area (TPSA) is 77.3 Å². The predicted octanol–water partition coefficient (Wildman–Crippen LogP) is 1.51. The lowest BCUT2D eigenvalue weighted by Crippen LogP contribution is -2.46. The molecule has 0 unspecified atom stereocenters. The van der Waals surface area contributed by atoms with Crippen molar-refractivity contribution in [3.8, 4) is 6.07 Å². The van der Waals surface area contributed by atoms with E-state index in [0.29, 0.717) is 5.69 Å². The molecule has 0 saturated carbocycles. The molecule has 0 amide bonds. The first-order valence-electron chi connectivity index (χ1n) is 7.47. The highest BCUT2D eigenvalue weighted by Gasteiger charge is 2.29. The molecule has 0 bridgehead atoms. The van der Waals surface area contributed by atoms with Gasteiger partial charge in [0, 0.05) is 26.2 Å². The van der Waals surface area contributed by atoms with Crippen molar-refractivity contribution < 1.29 is 8.42 Å². The van der Waals surface area contributed by atoms with Gasteiger partial charge in [0.2, 0.25) is 10.0 Å². The van der Waals surface area contributed by atoms with E-state index in [1.165, 1.54) is 4.31 Å². The highest BCUT2D eigenvalue weighted by molar-refractivity contribution is 7.89. The number of nitrogens with zero attached hydrogens (tertiary/aromatic N) is 4. The number of anilines is 1. The van der Waals surface area contributed by atoms with Crippen LogP contribution in [0.4, 0.5) is 5.82 Å². The van der Waals surface area contributed by atoms with Gasteiger partial charge in [-0.2, -0.15) is 5.26 Å². The highest BCUT2D eigenvalue weighted by Crippen LogP contribution is 2.23. The van der Waals surface area contributed by atoms with Crippen molar-refractivity contribution in [1.29, 1.82) is 5.26 Å². The Bertz CT molecular complexity index is 673. The Balaban J connectivity index is 2.05. The van der Waals surface area contributed by atoms with E-state index >= 15 is 0 Å². The SMILES string of the molecule is CCS(=O)(=O)N(C)C1CCN(c2ccc(C)c(C#N)n2)CC1. The molecular weight excluding hydrogens is 300 g/mol. The summed E-state index contributed by atoms with van der Waals surface area (Å²) in [5.74, 6) is 0.927. The van der Waals surface area contributed by atoms with Crippen LogP contribution in [0.3, 0.4) is 0 Å². The lowest BCUT2D eigenvalue weighted by Gasteiger charge is -2.36. The molecular formula is C15H22N4O2S. The van der Waals surface area contributed by atoms with E-state index in [-0.39, 0.29) is 11.8 Å². The summed E-state index contributed by atoms with van der Waals surface area (Å²) in [6, 6.07) is 5.97. The van der Waals surface area contributed by atoms with E-state index in [1.807, 2.05) is 19.1 Å². The molecule has 1 aliphatic rings. The smallest absolute Gasteiger partial charge is 0.213 e. The molecule has 6 nitrogen and oxygen atoms in total. The number of aryl methyl sites for hydroxylation is 1. The molecule has 1 fully saturated rings. The van der Waals surface area contributed by atoms with Crippen LogP contribution in [0.15, 0.2) is 12.1 Å². The summed E-state index contributed by atoms with van der Waals surface area (Å²) in [5, 5.41) is 9.07. The van der Waals surface area contributed by atoms with Gasteiger partial charge in [-0.25, -0.2) is 17.7 Å². The number of hydrogen-bond donors (Lipinski definition) is 0. The monoisotopic (exact) mass is 322 g/mol. The second kappa shape index (κ2) is 6.63. The van der Waals surface area contributed by atoms with Gasteiger partial charge in [-0.3, -0.25) is 0 Å². The third-order valence-electron chi connectivity index (χ3n) is 4.29. The Kier molecular flexibility index (Phi) is 5.04. The number of aromatic nitrogens is 1. The summed E-state index contributed by atoms with van der Waals surface area (Å²) in [6.45, 7) is 5.02. The van der Waals surface area contributed by atoms with Gasteiger partial charge >= 0.3 is 0 Å². The molecule has 0 N–H and O–H groups in total. The van der Waals surface area contributed by atoms with Gasteiger partial charge in [-0.05, 0) is 38.3 Å². The second-order valence-corrected chi connectivity index (χ2v) is 7.90. The Hall–Kier alpha value is -1.65. The lowest BCUT2D eigenvalue weighted by molar-refractivity contribution is 0.312. The summed E-state index contributed by atoms with van der Waals surface area (Å²) in [4.78, 5) is 6.50. The van der Waals surface area contributed by atoms with Gasteiger partial charge in [0.15, 0.2) is 0 Å². The Morgan fingerprint density at radius 1 is 1.41 bits per heavy atom. The molecule has 0 aromatic carbocycles. The van der Waals surface area contributed by atoms with E-state index in [9.17, 15) is 8.42 Å². The van der Waals surface area contributed by atoms with E-state index in [2.05, 4.69) is 16.0 Å². The molecule has 1 aliphatic heterocycles. The molecule has 0 aliphatic carbocycles. The Morgan fingerprint density at radius 3 is 2.59 bits per heavy atom. The molecule has 120 valence electrons. The quantitative estimate of drug-likeness (QED) is 0.840. The van der Waals surface area contributed by atoms with Gasteiger partial charge in [0.25, 0.3) is 0 Å². The third kappa shape index (κ3) is 3.39. The molecule has 0 spiro atoms. The maximum absolute atomic E-state index is 11.9. The lowest BCUT2D eigenvalue weighted by atomic mass is 10.1. The zero-order valence-electron chi connectivity index (χ0n) is 13.3. The van der Waals surface area contributed by atoms with E-state index in [4.69, 9.17) is 5.26 Å². The molecule has 7 heteroatoms. The van der Waals surface area contributed by atoms with Crippen molar-refractivity contribution in [3.05, 3.63) is 23.4 Å². The minimum atomic E-state index is -3.14. The fraction of sp³-hybridized carbons (Fsp3) is 0.600. The summed E-state index contributed by atoms with van der Waals surface area (Å²) in [6.07, 6.45) is 1.54. The van der Waals surface area contributed by atoms with Gasteiger partial charge in [-0.1, -0.05) is 6.07 Å². The number of hydrogen-bond acceptors (Lipinski definition) is 5.